The SMILES string of the molecule is CCCCCCC(=O)Nc1ccccc1S(=O)(=O)F. The van der Waals surface area contributed by atoms with Crippen LogP contribution in [-0.4, -0.2) is 14.3 Å². The van der Waals surface area contributed by atoms with Gasteiger partial charge in [0, 0.05) is 6.42 Å². The van der Waals surface area contributed by atoms with Gasteiger partial charge >= 0.3 is 10.2 Å². The molecule has 0 aliphatic carbocycles. The number of rotatable bonds is 7. The Morgan fingerprint density at radius 1 is 1.21 bits per heavy atom. The molecule has 1 amide bonds. The first kappa shape index (κ1) is 15.6. The van der Waals surface area contributed by atoms with Crippen LogP contribution in [0.5, 0.6) is 0 Å². The highest BCUT2D eigenvalue weighted by Crippen LogP contribution is 2.22. The molecule has 106 valence electrons. The van der Waals surface area contributed by atoms with Crippen LogP contribution >= 0.6 is 0 Å². The minimum atomic E-state index is -4.82. The topological polar surface area (TPSA) is 63.2 Å². The number of hydrogen-bond donors (Lipinski definition) is 1. The normalized spacial score (nSPS) is 11.3. The number of unbranched alkanes of at least 4 members (excludes halogenated alkanes) is 3. The summed E-state index contributed by atoms with van der Waals surface area (Å²) in [6.45, 7) is 2.07. The van der Waals surface area contributed by atoms with E-state index in [-0.39, 0.29) is 11.6 Å². The van der Waals surface area contributed by atoms with Crippen LogP contribution in [0, 0.1) is 0 Å². The number of benzene rings is 1. The van der Waals surface area contributed by atoms with Gasteiger partial charge in [0.2, 0.25) is 5.91 Å². The predicted molar refractivity (Wildman–Crippen MR) is 72.1 cm³/mol. The molecule has 0 bridgehead atoms. The van der Waals surface area contributed by atoms with Gasteiger partial charge in [-0.2, -0.15) is 8.42 Å². The van der Waals surface area contributed by atoms with E-state index in [0.29, 0.717) is 6.42 Å². The van der Waals surface area contributed by atoms with Gasteiger partial charge in [0.05, 0.1) is 5.69 Å². The van der Waals surface area contributed by atoms with E-state index >= 15 is 0 Å². The van der Waals surface area contributed by atoms with Gasteiger partial charge in [-0.1, -0.05) is 38.3 Å². The molecule has 4 nitrogen and oxygen atoms in total. The van der Waals surface area contributed by atoms with Crippen LogP contribution < -0.4 is 5.32 Å². The van der Waals surface area contributed by atoms with Crippen LogP contribution in [0.1, 0.15) is 39.0 Å². The lowest BCUT2D eigenvalue weighted by molar-refractivity contribution is -0.116. The van der Waals surface area contributed by atoms with Crippen molar-refractivity contribution in [1.29, 1.82) is 0 Å². The first-order chi connectivity index (χ1) is 8.95. The summed E-state index contributed by atoms with van der Waals surface area (Å²) in [6.07, 6.45) is 4.13. The molecule has 0 radical (unpaired) electrons. The van der Waals surface area contributed by atoms with Crippen LogP contribution in [0.15, 0.2) is 29.2 Å². The summed E-state index contributed by atoms with van der Waals surface area (Å²) in [6, 6.07) is 5.45. The Morgan fingerprint density at radius 3 is 2.53 bits per heavy atom. The van der Waals surface area contributed by atoms with Gasteiger partial charge in [-0.25, -0.2) is 0 Å². The first-order valence-corrected chi connectivity index (χ1v) is 7.67. The van der Waals surface area contributed by atoms with Gasteiger partial charge < -0.3 is 5.32 Å². The second kappa shape index (κ2) is 7.23. The average Bonchev–Trinajstić information content (AvgIpc) is 2.34. The fourth-order valence-electron chi connectivity index (χ4n) is 1.71. The number of nitrogens with one attached hydrogen (secondary N) is 1. The summed E-state index contributed by atoms with van der Waals surface area (Å²) in [5, 5.41) is 2.44. The molecule has 0 aliphatic heterocycles. The lowest BCUT2D eigenvalue weighted by Crippen LogP contribution is -2.13. The van der Waals surface area contributed by atoms with Crippen molar-refractivity contribution in [2.45, 2.75) is 43.9 Å². The monoisotopic (exact) mass is 287 g/mol. The highest BCUT2D eigenvalue weighted by Gasteiger charge is 2.17. The average molecular weight is 287 g/mol. The van der Waals surface area contributed by atoms with Crippen molar-refractivity contribution >= 4 is 21.8 Å². The predicted octanol–water partition coefficient (Wildman–Crippen LogP) is 3.25. The van der Waals surface area contributed by atoms with E-state index in [2.05, 4.69) is 12.2 Å². The fourth-order valence-corrected chi connectivity index (χ4v) is 2.33. The highest BCUT2D eigenvalue weighted by atomic mass is 32.3. The lowest BCUT2D eigenvalue weighted by atomic mass is 10.1. The summed E-state index contributed by atoms with van der Waals surface area (Å²) in [7, 11) is -4.82. The van der Waals surface area contributed by atoms with Crippen LogP contribution in [0.2, 0.25) is 0 Å². The van der Waals surface area contributed by atoms with Gasteiger partial charge in [0.1, 0.15) is 4.90 Å². The molecule has 6 heteroatoms. The van der Waals surface area contributed by atoms with E-state index in [9.17, 15) is 17.1 Å². The molecule has 0 aromatic heterocycles. The molecular formula is C13H18FNO3S. The van der Waals surface area contributed by atoms with Crippen LogP contribution in [-0.2, 0) is 15.0 Å². The summed E-state index contributed by atoms with van der Waals surface area (Å²) >= 11 is 0. The quantitative estimate of drug-likeness (QED) is 0.618. The minimum absolute atomic E-state index is 0.00880. The summed E-state index contributed by atoms with van der Waals surface area (Å²) in [5.41, 5.74) is -0.00880. The molecule has 0 spiro atoms. The van der Waals surface area contributed by atoms with E-state index in [4.69, 9.17) is 0 Å². The Labute approximate surface area is 113 Å². The van der Waals surface area contributed by atoms with Crippen LogP contribution in [0.4, 0.5) is 9.57 Å². The van der Waals surface area contributed by atoms with E-state index < -0.39 is 15.1 Å². The number of anilines is 1. The molecule has 0 saturated heterocycles. The molecule has 0 heterocycles. The Kier molecular flexibility index (Phi) is 5.95. The van der Waals surface area contributed by atoms with Crippen molar-refractivity contribution in [2.24, 2.45) is 0 Å². The third kappa shape index (κ3) is 5.38. The molecule has 0 saturated carbocycles. The zero-order valence-electron chi connectivity index (χ0n) is 10.9. The van der Waals surface area contributed by atoms with Crippen molar-refractivity contribution in [3.8, 4) is 0 Å². The molecule has 1 N–H and O–H groups in total. The molecule has 0 fully saturated rings. The Hall–Kier alpha value is -1.43. The summed E-state index contributed by atoms with van der Waals surface area (Å²) in [4.78, 5) is 11.1. The first-order valence-electron chi connectivity index (χ1n) is 6.28. The van der Waals surface area contributed by atoms with Crippen LogP contribution in [0.3, 0.4) is 0 Å². The third-order valence-electron chi connectivity index (χ3n) is 2.68. The van der Waals surface area contributed by atoms with Gasteiger partial charge in [-0.05, 0) is 18.6 Å². The largest absolute Gasteiger partial charge is 0.334 e. The molecule has 1 aromatic carbocycles. The van der Waals surface area contributed by atoms with E-state index in [1.807, 2.05) is 0 Å². The van der Waals surface area contributed by atoms with Gasteiger partial charge in [-0.3, -0.25) is 4.79 Å². The number of amides is 1. The van der Waals surface area contributed by atoms with E-state index in [0.717, 1.165) is 31.7 Å². The minimum Gasteiger partial charge on any atom is -0.325 e. The highest BCUT2D eigenvalue weighted by molar-refractivity contribution is 7.86. The zero-order valence-corrected chi connectivity index (χ0v) is 11.7. The molecule has 1 aromatic rings. The molecule has 0 unspecified atom stereocenters. The van der Waals surface area contributed by atoms with E-state index in [1.54, 1.807) is 6.07 Å². The number of carbonyl (C=O) groups is 1. The summed E-state index contributed by atoms with van der Waals surface area (Å²) in [5.74, 6) is -0.299. The molecule has 1 rings (SSSR count). The van der Waals surface area contributed by atoms with Gasteiger partial charge in [0.25, 0.3) is 0 Å². The van der Waals surface area contributed by atoms with Crippen molar-refractivity contribution in [3.05, 3.63) is 24.3 Å². The van der Waals surface area contributed by atoms with Crippen molar-refractivity contribution in [3.63, 3.8) is 0 Å². The van der Waals surface area contributed by atoms with Crippen molar-refractivity contribution < 1.29 is 17.1 Å². The maximum absolute atomic E-state index is 13.0. The maximum atomic E-state index is 13.0. The number of hydrogen-bond acceptors (Lipinski definition) is 3. The smallest absolute Gasteiger partial charge is 0.325 e. The molecule has 0 aliphatic rings. The summed E-state index contributed by atoms with van der Waals surface area (Å²) < 4.78 is 34.8. The molecular weight excluding hydrogens is 269 g/mol. The molecule has 19 heavy (non-hydrogen) atoms. The van der Waals surface area contributed by atoms with Crippen molar-refractivity contribution in [1.82, 2.24) is 0 Å². The number of carbonyl (C=O) groups excluding carboxylic acids is 1. The Morgan fingerprint density at radius 2 is 1.89 bits per heavy atom. The van der Waals surface area contributed by atoms with E-state index in [1.165, 1.54) is 12.1 Å². The Bertz CT molecular complexity index is 528. The van der Waals surface area contributed by atoms with Gasteiger partial charge in [-0.15, -0.1) is 3.89 Å². The Balaban J connectivity index is 2.65. The van der Waals surface area contributed by atoms with Crippen molar-refractivity contribution in [2.75, 3.05) is 5.32 Å². The second-order valence-corrected chi connectivity index (χ2v) is 5.61. The van der Waals surface area contributed by atoms with Crippen LogP contribution in [0.25, 0.3) is 0 Å². The fraction of sp³-hybridized carbons (Fsp3) is 0.462. The number of para-hydroxylation sites is 1. The molecule has 0 atom stereocenters. The zero-order chi connectivity index (χ0) is 14.3. The standard InChI is InChI=1S/C13H18FNO3S/c1-2-3-4-5-10-13(16)15-11-8-6-7-9-12(11)19(14,17)18/h6-9H,2-5,10H2,1H3,(H,15,16). The van der Waals surface area contributed by atoms with Gasteiger partial charge in [0.15, 0.2) is 0 Å². The maximum Gasteiger partial charge on any atom is 0.334 e. The second-order valence-electron chi connectivity index (χ2n) is 4.29. The third-order valence-corrected chi connectivity index (χ3v) is 3.56. The number of halogens is 1. The lowest BCUT2D eigenvalue weighted by Gasteiger charge is -2.08.